The van der Waals surface area contributed by atoms with Gasteiger partial charge in [-0.1, -0.05) is 29.3 Å². The first kappa shape index (κ1) is 23.0. The van der Waals surface area contributed by atoms with Crippen LogP contribution in [0.4, 0.5) is 5.69 Å². The van der Waals surface area contributed by atoms with Gasteiger partial charge in [-0.2, -0.15) is 0 Å². The Kier molecular flexibility index (Phi) is 8.32. The van der Waals surface area contributed by atoms with Crippen LogP contribution in [0, 0.1) is 0 Å². The van der Waals surface area contributed by atoms with Crippen LogP contribution in [0.2, 0.25) is 10.0 Å². The minimum Gasteiger partial charge on any atom is -0.497 e. The summed E-state index contributed by atoms with van der Waals surface area (Å²) in [6.45, 7) is 3.65. The molecular weight excluding hydrogens is 413 g/mol. The van der Waals surface area contributed by atoms with E-state index < -0.39 is 6.04 Å². The van der Waals surface area contributed by atoms with Crippen molar-refractivity contribution >= 4 is 40.7 Å². The molecule has 0 bridgehead atoms. The van der Waals surface area contributed by atoms with Crippen LogP contribution < -0.4 is 15.4 Å². The minimum atomic E-state index is -0.509. The van der Waals surface area contributed by atoms with Gasteiger partial charge in [0.05, 0.1) is 25.7 Å². The summed E-state index contributed by atoms with van der Waals surface area (Å²) < 4.78 is 5.09. The average Bonchev–Trinajstić information content (AvgIpc) is 2.67. The van der Waals surface area contributed by atoms with E-state index in [-0.39, 0.29) is 24.4 Å². The van der Waals surface area contributed by atoms with E-state index >= 15 is 0 Å². The maximum Gasteiger partial charge on any atom is 0.238 e. The molecule has 8 heteroatoms. The molecule has 0 unspecified atom stereocenters. The Morgan fingerprint density at radius 3 is 2.34 bits per heavy atom. The van der Waals surface area contributed by atoms with E-state index in [2.05, 4.69) is 10.6 Å². The largest absolute Gasteiger partial charge is 0.497 e. The number of carbonyl (C=O) groups is 2. The molecule has 2 rings (SSSR count). The smallest absolute Gasteiger partial charge is 0.238 e. The molecule has 0 heterocycles. The number of amides is 2. The first-order valence-corrected chi connectivity index (χ1v) is 9.86. The maximum absolute atomic E-state index is 12.6. The van der Waals surface area contributed by atoms with Gasteiger partial charge < -0.3 is 15.4 Å². The van der Waals surface area contributed by atoms with Gasteiger partial charge in [-0.05, 0) is 62.9 Å². The highest BCUT2D eigenvalue weighted by molar-refractivity contribution is 6.35. The standard InChI is InChI=1S/C21H25Cl2N3O3/c1-13(18-10-5-15(22)11-19(18)23)24-21(28)14(2)26(3)12-20(27)25-16-6-8-17(29-4)9-7-16/h5-11,13-14H,12H2,1-4H3,(H,24,28)(H,25,27)/t13-,14-/m0/s1. The van der Waals surface area contributed by atoms with Crippen molar-refractivity contribution in [3.8, 4) is 5.75 Å². The molecule has 0 saturated heterocycles. The molecule has 0 saturated carbocycles. The molecule has 2 atom stereocenters. The fraction of sp³-hybridized carbons (Fsp3) is 0.333. The van der Waals surface area contributed by atoms with Crippen molar-refractivity contribution in [2.75, 3.05) is 26.0 Å². The van der Waals surface area contributed by atoms with E-state index in [4.69, 9.17) is 27.9 Å². The summed E-state index contributed by atoms with van der Waals surface area (Å²) in [5.41, 5.74) is 1.43. The van der Waals surface area contributed by atoms with Crippen LogP contribution in [-0.2, 0) is 9.59 Å². The minimum absolute atomic E-state index is 0.0662. The van der Waals surface area contributed by atoms with Gasteiger partial charge >= 0.3 is 0 Å². The lowest BCUT2D eigenvalue weighted by Gasteiger charge is -2.25. The average molecular weight is 438 g/mol. The molecule has 2 aromatic carbocycles. The SMILES string of the molecule is COc1ccc(NC(=O)CN(C)[C@@H](C)C(=O)N[C@@H](C)c2ccc(Cl)cc2Cl)cc1. The third-order valence-electron chi connectivity index (χ3n) is 4.60. The Hall–Kier alpha value is -2.28. The molecule has 6 nitrogen and oxygen atoms in total. The van der Waals surface area contributed by atoms with Crippen molar-refractivity contribution in [3.05, 3.63) is 58.1 Å². The number of carbonyl (C=O) groups excluding carboxylic acids is 2. The highest BCUT2D eigenvalue weighted by Crippen LogP contribution is 2.26. The summed E-state index contributed by atoms with van der Waals surface area (Å²) >= 11 is 12.1. The number of likely N-dealkylation sites (N-methyl/N-ethyl adjacent to an activating group) is 1. The lowest BCUT2D eigenvalue weighted by atomic mass is 10.1. The third kappa shape index (κ3) is 6.63. The predicted octanol–water partition coefficient (Wildman–Crippen LogP) is 4.14. The van der Waals surface area contributed by atoms with E-state index in [0.717, 1.165) is 5.56 Å². The van der Waals surface area contributed by atoms with E-state index in [0.29, 0.717) is 21.5 Å². The van der Waals surface area contributed by atoms with Crippen molar-refractivity contribution in [3.63, 3.8) is 0 Å². The second kappa shape index (κ2) is 10.5. The molecule has 29 heavy (non-hydrogen) atoms. The van der Waals surface area contributed by atoms with Crippen LogP contribution in [0.1, 0.15) is 25.5 Å². The van der Waals surface area contributed by atoms with Crippen molar-refractivity contribution in [2.24, 2.45) is 0 Å². The van der Waals surface area contributed by atoms with Gasteiger partial charge in [0.1, 0.15) is 5.75 Å². The number of rotatable bonds is 8. The zero-order valence-electron chi connectivity index (χ0n) is 16.8. The molecule has 0 spiro atoms. The fourth-order valence-electron chi connectivity index (χ4n) is 2.70. The Morgan fingerprint density at radius 1 is 1.10 bits per heavy atom. The first-order valence-electron chi connectivity index (χ1n) is 9.10. The topological polar surface area (TPSA) is 70.7 Å². The van der Waals surface area contributed by atoms with Crippen LogP contribution in [0.3, 0.4) is 0 Å². The van der Waals surface area contributed by atoms with Crippen LogP contribution in [0.5, 0.6) is 5.75 Å². The van der Waals surface area contributed by atoms with Crippen LogP contribution >= 0.6 is 23.2 Å². The summed E-state index contributed by atoms with van der Waals surface area (Å²) in [4.78, 5) is 26.5. The van der Waals surface area contributed by atoms with Crippen molar-refractivity contribution in [1.29, 1.82) is 0 Å². The summed E-state index contributed by atoms with van der Waals surface area (Å²) in [5.74, 6) is 0.287. The molecule has 0 aliphatic rings. The Labute approximate surface area is 181 Å². The Bertz CT molecular complexity index is 859. The van der Waals surface area contributed by atoms with E-state index in [1.54, 1.807) is 68.4 Å². The zero-order valence-corrected chi connectivity index (χ0v) is 18.3. The number of anilines is 1. The highest BCUT2D eigenvalue weighted by atomic mass is 35.5. The predicted molar refractivity (Wildman–Crippen MR) is 117 cm³/mol. The molecule has 156 valence electrons. The van der Waals surface area contributed by atoms with Gasteiger partial charge in [-0.15, -0.1) is 0 Å². The number of benzene rings is 2. The second-order valence-corrected chi connectivity index (χ2v) is 7.61. The quantitative estimate of drug-likeness (QED) is 0.650. The normalized spacial score (nSPS) is 12.9. The summed E-state index contributed by atoms with van der Waals surface area (Å²) in [7, 11) is 3.30. The molecule has 2 N–H and O–H groups in total. The number of nitrogens with zero attached hydrogens (tertiary/aromatic N) is 1. The Balaban J connectivity index is 1.89. The highest BCUT2D eigenvalue weighted by Gasteiger charge is 2.22. The molecule has 0 aliphatic heterocycles. The van der Waals surface area contributed by atoms with Crippen molar-refractivity contribution < 1.29 is 14.3 Å². The second-order valence-electron chi connectivity index (χ2n) is 6.76. The maximum atomic E-state index is 12.6. The van der Waals surface area contributed by atoms with E-state index in [1.165, 1.54) is 0 Å². The van der Waals surface area contributed by atoms with Crippen molar-refractivity contribution in [2.45, 2.75) is 25.9 Å². The number of methoxy groups -OCH3 is 1. The van der Waals surface area contributed by atoms with Gasteiger partial charge in [0, 0.05) is 15.7 Å². The molecule has 2 aromatic rings. The van der Waals surface area contributed by atoms with Crippen LogP contribution in [-0.4, -0.2) is 43.5 Å². The van der Waals surface area contributed by atoms with E-state index in [1.807, 2.05) is 6.92 Å². The number of nitrogens with one attached hydrogen (secondary N) is 2. The third-order valence-corrected chi connectivity index (χ3v) is 5.16. The molecular formula is C21H25Cl2N3O3. The summed E-state index contributed by atoms with van der Waals surface area (Å²) in [6, 6.07) is 11.4. The van der Waals surface area contributed by atoms with Gasteiger partial charge in [-0.25, -0.2) is 0 Å². The summed E-state index contributed by atoms with van der Waals surface area (Å²) in [5, 5.41) is 6.74. The number of ether oxygens (including phenoxy) is 1. The summed E-state index contributed by atoms with van der Waals surface area (Å²) in [6.07, 6.45) is 0. The van der Waals surface area contributed by atoms with Crippen molar-refractivity contribution in [1.82, 2.24) is 10.2 Å². The molecule has 2 amide bonds. The number of halogens is 2. The van der Waals surface area contributed by atoms with Crippen LogP contribution in [0.15, 0.2) is 42.5 Å². The molecule has 0 aromatic heterocycles. The fourth-order valence-corrected chi connectivity index (χ4v) is 3.28. The Morgan fingerprint density at radius 2 is 1.76 bits per heavy atom. The lowest BCUT2D eigenvalue weighted by molar-refractivity contribution is -0.127. The molecule has 0 aliphatic carbocycles. The number of hydrogen-bond acceptors (Lipinski definition) is 4. The van der Waals surface area contributed by atoms with E-state index in [9.17, 15) is 9.59 Å². The van der Waals surface area contributed by atoms with Gasteiger partial charge in [0.2, 0.25) is 11.8 Å². The lowest BCUT2D eigenvalue weighted by Crippen LogP contribution is -2.46. The van der Waals surface area contributed by atoms with Gasteiger partial charge in [0.15, 0.2) is 0 Å². The molecule has 0 radical (unpaired) electrons. The van der Waals surface area contributed by atoms with Crippen LogP contribution in [0.25, 0.3) is 0 Å². The van der Waals surface area contributed by atoms with Gasteiger partial charge in [0.25, 0.3) is 0 Å². The zero-order chi connectivity index (χ0) is 21.6. The van der Waals surface area contributed by atoms with Gasteiger partial charge in [-0.3, -0.25) is 14.5 Å². The monoisotopic (exact) mass is 437 g/mol. The number of hydrogen-bond donors (Lipinski definition) is 2. The molecule has 0 fully saturated rings. The first-order chi connectivity index (χ1) is 13.7.